The smallest absolute Gasteiger partial charge is 0.352 e. The highest BCUT2D eigenvalue weighted by Gasteiger charge is 2.29. The van der Waals surface area contributed by atoms with E-state index in [1.807, 2.05) is 4.90 Å². The summed E-state index contributed by atoms with van der Waals surface area (Å²) in [5.74, 6) is 6.24. The van der Waals surface area contributed by atoms with E-state index >= 15 is 0 Å². The number of carbonyl (C=O) groups excluding carboxylic acids is 1. The van der Waals surface area contributed by atoms with E-state index in [4.69, 9.17) is 0 Å². The Kier molecular flexibility index (Phi) is 5.57. The summed E-state index contributed by atoms with van der Waals surface area (Å²) in [6, 6.07) is 4.31. The zero-order valence-corrected chi connectivity index (χ0v) is 16.2. The van der Waals surface area contributed by atoms with Gasteiger partial charge in [0.2, 0.25) is 0 Å². The lowest BCUT2D eigenvalue weighted by Gasteiger charge is -2.35. The quantitative estimate of drug-likeness (QED) is 0.619. The lowest BCUT2D eigenvalue weighted by molar-refractivity contribution is -0.137. The molecule has 0 spiro atoms. The summed E-state index contributed by atoms with van der Waals surface area (Å²) in [6.07, 6.45) is -1.13. The van der Waals surface area contributed by atoms with Crippen molar-refractivity contribution in [3.8, 4) is 11.8 Å². The summed E-state index contributed by atoms with van der Waals surface area (Å²) in [5.41, 5.74) is 0.267. The molecule has 160 valence electrons. The van der Waals surface area contributed by atoms with Crippen LogP contribution in [0.2, 0.25) is 0 Å². The standard InChI is InChI=1S/C19H17F3N8O/c20-19(21,22)15-5-3-14(4-6-15)2-1-7-24-18(31)29-10-8-28(9-11-29)17-13-23-12-16-25-26-27-30(16)17/h3-6,12-13H,7-11H2,(H,24,31). The number of carbonyl (C=O) groups is 1. The minimum atomic E-state index is -4.38. The number of rotatable bonds is 2. The van der Waals surface area contributed by atoms with E-state index in [0.717, 1.165) is 18.0 Å². The van der Waals surface area contributed by atoms with Crippen molar-refractivity contribution in [3.63, 3.8) is 0 Å². The molecule has 3 heterocycles. The van der Waals surface area contributed by atoms with E-state index in [1.165, 1.54) is 12.1 Å². The average molecular weight is 430 g/mol. The number of hydrogen-bond donors (Lipinski definition) is 1. The molecule has 3 aromatic rings. The average Bonchev–Trinajstić information content (AvgIpc) is 3.25. The SMILES string of the molecule is O=C(NCC#Cc1ccc(C(F)(F)F)cc1)N1CCN(c2cncc3nnnn23)CC1. The van der Waals surface area contributed by atoms with E-state index < -0.39 is 11.7 Å². The van der Waals surface area contributed by atoms with E-state index in [0.29, 0.717) is 37.4 Å². The van der Waals surface area contributed by atoms with Crippen LogP contribution in [0.3, 0.4) is 0 Å². The molecule has 1 aliphatic heterocycles. The van der Waals surface area contributed by atoms with Crippen LogP contribution in [-0.4, -0.2) is 68.7 Å². The summed E-state index contributed by atoms with van der Waals surface area (Å²) in [4.78, 5) is 20.2. The number of amides is 2. The van der Waals surface area contributed by atoms with Gasteiger partial charge < -0.3 is 15.1 Å². The minimum Gasteiger partial charge on any atom is -0.352 e. The van der Waals surface area contributed by atoms with E-state index in [2.05, 4.69) is 37.7 Å². The Morgan fingerprint density at radius 2 is 1.84 bits per heavy atom. The van der Waals surface area contributed by atoms with Crippen LogP contribution < -0.4 is 10.2 Å². The fourth-order valence-electron chi connectivity index (χ4n) is 3.14. The van der Waals surface area contributed by atoms with Crippen molar-refractivity contribution >= 4 is 17.5 Å². The molecule has 0 atom stereocenters. The zero-order chi connectivity index (χ0) is 21.8. The highest BCUT2D eigenvalue weighted by Crippen LogP contribution is 2.28. The van der Waals surface area contributed by atoms with E-state index in [9.17, 15) is 18.0 Å². The third-order valence-electron chi connectivity index (χ3n) is 4.75. The van der Waals surface area contributed by atoms with Gasteiger partial charge in [-0.25, -0.2) is 4.79 Å². The second kappa shape index (κ2) is 8.47. The number of tetrazole rings is 1. The topological polar surface area (TPSA) is 91.5 Å². The second-order valence-corrected chi connectivity index (χ2v) is 6.72. The highest BCUT2D eigenvalue weighted by atomic mass is 19.4. The van der Waals surface area contributed by atoms with Gasteiger partial charge in [0.05, 0.1) is 24.5 Å². The van der Waals surface area contributed by atoms with E-state index in [-0.39, 0.29) is 12.6 Å². The number of urea groups is 1. The second-order valence-electron chi connectivity index (χ2n) is 6.72. The molecule has 0 bridgehead atoms. The fraction of sp³-hybridized carbons (Fsp3) is 0.316. The van der Waals surface area contributed by atoms with Gasteiger partial charge >= 0.3 is 12.2 Å². The molecule has 12 heteroatoms. The minimum absolute atomic E-state index is 0.0912. The number of nitrogens with one attached hydrogen (secondary N) is 1. The van der Waals surface area contributed by atoms with Gasteiger partial charge in [0, 0.05) is 31.7 Å². The van der Waals surface area contributed by atoms with Crippen molar-refractivity contribution in [1.82, 2.24) is 35.2 Å². The zero-order valence-electron chi connectivity index (χ0n) is 16.2. The van der Waals surface area contributed by atoms with Crippen molar-refractivity contribution < 1.29 is 18.0 Å². The summed E-state index contributed by atoms with van der Waals surface area (Å²) in [6.45, 7) is 2.26. The first-order chi connectivity index (χ1) is 14.9. The molecule has 1 N–H and O–H groups in total. The monoisotopic (exact) mass is 430 g/mol. The van der Waals surface area contributed by atoms with Crippen LogP contribution >= 0.6 is 0 Å². The molecule has 4 rings (SSSR count). The molecule has 1 aliphatic rings. The lowest BCUT2D eigenvalue weighted by atomic mass is 10.1. The number of piperazine rings is 1. The van der Waals surface area contributed by atoms with Gasteiger partial charge in [0.1, 0.15) is 0 Å². The molecule has 1 saturated heterocycles. The van der Waals surface area contributed by atoms with Crippen molar-refractivity contribution in [2.45, 2.75) is 6.18 Å². The Morgan fingerprint density at radius 3 is 2.55 bits per heavy atom. The van der Waals surface area contributed by atoms with Crippen molar-refractivity contribution in [1.29, 1.82) is 0 Å². The lowest BCUT2D eigenvalue weighted by Crippen LogP contribution is -2.52. The first kappa shape index (κ1) is 20.4. The molecule has 0 saturated carbocycles. The number of anilines is 1. The van der Waals surface area contributed by atoms with Crippen molar-refractivity contribution in [2.24, 2.45) is 0 Å². The largest absolute Gasteiger partial charge is 0.416 e. The molecule has 2 aromatic heterocycles. The van der Waals surface area contributed by atoms with Gasteiger partial charge in [0.25, 0.3) is 0 Å². The first-order valence-corrected chi connectivity index (χ1v) is 9.38. The maximum absolute atomic E-state index is 12.6. The van der Waals surface area contributed by atoms with Gasteiger partial charge in [-0.05, 0) is 34.7 Å². The van der Waals surface area contributed by atoms with Crippen molar-refractivity contribution in [2.75, 3.05) is 37.6 Å². The van der Waals surface area contributed by atoms with Crippen LogP contribution in [0.4, 0.5) is 23.8 Å². The summed E-state index contributed by atoms with van der Waals surface area (Å²) >= 11 is 0. The summed E-state index contributed by atoms with van der Waals surface area (Å²) < 4.78 is 39.3. The number of nitrogens with zero attached hydrogens (tertiary/aromatic N) is 7. The van der Waals surface area contributed by atoms with Crippen LogP contribution in [0.1, 0.15) is 11.1 Å². The summed E-state index contributed by atoms with van der Waals surface area (Å²) in [7, 11) is 0. The normalized spacial score (nSPS) is 14.3. The first-order valence-electron chi connectivity index (χ1n) is 9.38. The Labute approximate surface area is 174 Å². The number of hydrogen-bond acceptors (Lipinski definition) is 6. The molecule has 0 aliphatic carbocycles. The maximum Gasteiger partial charge on any atom is 0.416 e. The van der Waals surface area contributed by atoms with Gasteiger partial charge in [-0.3, -0.25) is 4.98 Å². The van der Waals surface area contributed by atoms with Crippen LogP contribution in [0.5, 0.6) is 0 Å². The Bertz CT molecular complexity index is 1120. The molecule has 2 amide bonds. The Balaban J connectivity index is 1.26. The van der Waals surface area contributed by atoms with Crippen LogP contribution in [0.25, 0.3) is 5.65 Å². The predicted molar refractivity (Wildman–Crippen MR) is 104 cm³/mol. The van der Waals surface area contributed by atoms with Crippen LogP contribution in [0.15, 0.2) is 36.7 Å². The number of halogens is 3. The third-order valence-corrected chi connectivity index (χ3v) is 4.75. The van der Waals surface area contributed by atoms with Crippen LogP contribution in [0, 0.1) is 11.8 Å². The molecule has 1 fully saturated rings. The van der Waals surface area contributed by atoms with Gasteiger partial charge in [-0.15, -0.1) is 5.10 Å². The van der Waals surface area contributed by atoms with Gasteiger partial charge in [-0.2, -0.15) is 17.7 Å². The predicted octanol–water partition coefficient (Wildman–Crippen LogP) is 1.42. The fourth-order valence-corrected chi connectivity index (χ4v) is 3.14. The molecule has 0 unspecified atom stereocenters. The molecule has 0 radical (unpaired) electrons. The van der Waals surface area contributed by atoms with Crippen molar-refractivity contribution in [3.05, 3.63) is 47.8 Å². The maximum atomic E-state index is 12.6. The number of alkyl halides is 3. The van der Waals surface area contributed by atoms with Gasteiger partial charge in [-0.1, -0.05) is 11.8 Å². The van der Waals surface area contributed by atoms with E-state index in [1.54, 1.807) is 21.8 Å². The molecule has 1 aromatic carbocycles. The molecular formula is C19H17F3N8O. The highest BCUT2D eigenvalue weighted by molar-refractivity contribution is 5.74. The Hall–Kier alpha value is -3.88. The Morgan fingerprint density at radius 1 is 1.10 bits per heavy atom. The van der Waals surface area contributed by atoms with Gasteiger partial charge in [0.15, 0.2) is 11.5 Å². The molecular weight excluding hydrogens is 413 g/mol. The number of benzene rings is 1. The molecule has 31 heavy (non-hydrogen) atoms. The molecule has 9 nitrogen and oxygen atoms in total. The summed E-state index contributed by atoms with van der Waals surface area (Å²) in [5, 5.41) is 14.2. The van der Waals surface area contributed by atoms with Crippen LogP contribution in [-0.2, 0) is 6.18 Å². The third kappa shape index (κ3) is 4.66. The number of aromatic nitrogens is 5. The number of fused-ring (bicyclic) bond motifs is 1.